The Kier molecular flexibility index (Phi) is 3.31. The smallest absolute Gasteiger partial charge is 0.0744 e. The molecule has 0 saturated heterocycles. The van der Waals surface area contributed by atoms with Gasteiger partial charge in [0.25, 0.3) is 0 Å². The highest BCUT2D eigenvalue weighted by atomic mass is 35.5. The summed E-state index contributed by atoms with van der Waals surface area (Å²) >= 11 is 6.14. The van der Waals surface area contributed by atoms with Gasteiger partial charge in [0.15, 0.2) is 0 Å². The lowest BCUT2D eigenvalue weighted by molar-refractivity contribution is 1.12. The maximum atomic E-state index is 6.14. The molecule has 0 saturated carbocycles. The molecule has 0 atom stereocenters. The quantitative estimate of drug-likeness (QED) is 0.635. The Morgan fingerprint density at radius 2 is 2.14 bits per heavy atom. The Hall–Kier alpha value is -2.46. The highest BCUT2D eigenvalue weighted by Gasteiger charge is 2.09. The number of aromatic amines is 1. The van der Waals surface area contributed by atoms with Crippen LogP contribution in [0.4, 0.5) is 11.4 Å². The Labute approximate surface area is 127 Å². The number of hydrogen-bond donors (Lipinski definition) is 3. The number of halogens is 1. The van der Waals surface area contributed by atoms with Crippen LogP contribution in [-0.2, 0) is 0 Å². The molecule has 21 heavy (non-hydrogen) atoms. The van der Waals surface area contributed by atoms with Gasteiger partial charge in [-0.25, -0.2) is 0 Å². The van der Waals surface area contributed by atoms with E-state index in [0.717, 1.165) is 33.4 Å². The van der Waals surface area contributed by atoms with Crippen molar-refractivity contribution in [3.63, 3.8) is 0 Å². The number of aryl methyl sites for hydroxylation is 1. The second-order valence-corrected chi connectivity index (χ2v) is 5.38. The summed E-state index contributed by atoms with van der Waals surface area (Å²) in [5.74, 6) is 0. The van der Waals surface area contributed by atoms with E-state index < -0.39 is 0 Å². The lowest BCUT2D eigenvalue weighted by atomic mass is 10.1. The van der Waals surface area contributed by atoms with Crippen LogP contribution in [0.25, 0.3) is 16.6 Å². The number of H-pyrrole nitrogens is 1. The minimum Gasteiger partial charge on any atom is -0.399 e. The number of aromatic nitrogens is 2. The molecule has 0 radical (unpaired) electrons. The van der Waals surface area contributed by atoms with Crippen molar-refractivity contribution in [2.45, 2.75) is 6.92 Å². The summed E-state index contributed by atoms with van der Waals surface area (Å²) in [5.41, 5.74) is 11.0. The van der Waals surface area contributed by atoms with E-state index in [4.69, 9.17) is 17.3 Å². The predicted octanol–water partition coefficient (Wildman–Crippen LogP) is 4.19. The summed E-state index contributed by atoms with van der Waals surface area (Å²) in [6.45, 7) is 6.05. The maximum Gasteiger partial charge on any atom is 0.0744 e. The first-order chi connectivity index (χ1) is 10.0. The van der Waals surface area contributed by atoms with Gasteiger partial charge in [-0.2, -0.15) is 5.10 Å². The number of anilines is 2. The number of nitrogens with zero attached hydrogens (tertiary/aromatic N) is 1. The van der Waals surface area contributed by atoms with Crippen LogP contribution in [0.3, 0.4) is 0 Å². The molecule has 3 aromatic rings. The Morgan fingerprint density at radius 3 is 2.90 bits per heavy atom. The minimum atomic E-state index is 0.670. The number of nitrogens with two attached hydrogens (primary N) is 1. The van der Waals surface area contributed by atoms with E-state index in [1.54, 1.807) is 6.20 Å². The molecule has 1 heterocycles. The van der Waals surface area contributed by atoms with Gasteiger partial charge in [-0.3, -0.25) is 5.10 Å². The molecule has 0 aliphatic carbocycles. The summed E-state index contributed by atoms with van der Waals surface area (Å²) in [7, 11) is 0. The highest BCUT2D eigenvalue weighted by Crippen LogP contribution is 2.28. The van der Waals surface area contributed by atoms with Crippen LogP contribution in [-0.4, -0.2) is 10.2 Å². The molecule has 0 bridgehead atoms. The fourth-order valence-electron chi connectivity index (χ4n) is 2.23. The molecule has 4 N–H and O–H groups in total. The van der Waals surface area contributed by atoms with Crippen molar-refractivity contribution < 1.29 is 0 Å². The van der Waals surface area contributed by atoms with Gasteiger partial charge in [0, 0.05) is 33.0 Å². The van der Waals surface area contributed by atoms with Gasteiger partial charge < -0.3 is 11.1 Å². The highest BCUT2D eigenvalue weighted by molar-refractivity contribution is 6.31. The summed E-state index contributed by atoms with van der Waals surface area (Å²) in [4.78, 5) is 0. The third-order valence-corrected chi connectivity index (χ3v) is 3.77. The molecule has 106 valence electrons. The average molecular weight is 299 g/mol. The van der Waals surface area contributed by atoms with Crippen molar-refractivity contribution >= 4 is 39.6 Å². The first-order valence-corrected chi connectivity index (χ1v) is 6.87. The van der Waals surface area contributed by atoms with Crippen molar-refractivity contribution in [3.8, 4) is 0 Å². The van der Waals surface area contributed by atoms with E-state index in [0.29, 0.717) is 10.7 Å². The zero-order valence-electron chi connectivity index (χ0n) is 11.6. The summed E-state index contributed by atoms with van der Waals surface area (Å²) in [6.07, 6.45) is 1.74. The van der Waals surface area contributed by atoms with E-state index >= 15 is 0 Å². The zero-order chi connectivity index (χ0) is 15.0. The molecule has 0 unspecified atom stereocenters. The van der Waals surface area contributed by atoms with Crippen LogP contribution in [0, 0.1) is 6.92 Å². The number of benzene rings is 2. The molecular formula is C16H15ClN4. The Balaban J connectivity index is 1.97. The van der Waals surface area contributed by atoms with Gasteiger partial charge >= 0.3 is 0 Å². The number of fused-ring (bicyclic) bond motifs is 1. The number of hydrogen-bond acceptors (Lipinski definition) is 3. The van der Waals surface area contributed by atoms with Crippen molar-refractivity contribution in [3.05, 3.63) is 59.3 Å². The van der Waals surface area contributed by atoms with E-state index in [-0.39, 0.29) is 0 Å². The molecule has 4 nitrogen and oxygen atoms in total. The lowest BCUT2D eigenvalue weighted by Crippen LogP contribution is -2.00. The molecule has 2 aromatic carbocycles. The Bertz CT molecular complexity index is 835. The molecule has 1 aromatic heterocycles. The van der Waals surface area contributed by atoms with E-state index in [1.165, 1.54) is 0 Å². The van der Waals surface area contributed by atoms with Gasteiger partial charge in [-0.05, 0) is 36.8 Å². The summed E-state index contributed by atoms with van der Waals surface area (Å²) < 4.78 is 0. The monoisotopic (exact) mass is 298 g/mol. The molecule has 0 spiro atoms. The lowest BCUT2D eigenvalue weighted by Gasteiger charge is -2.12. The third kappa shape index (κ3) is 2.58. The first kappa shape index (κ1) is 13.5. The molecule has 0 amide bonds. The number of nitrogens with one attached hydrogen (secondary N) is 2. The number of rotatable bonds is 3. The third-order valence-electron chi connectivity index (χ3n) is 3.36. The largest absolute Gasteiger partial charge is 0.399 e. The summed E-state index contributed by atoms with van der Waals surface area (Å²) in [5, 5.41) is 11.9. The normalized spacial score (nSPS) is 10.8. The van der Waals surface area contributed by atoms with Gasteiger partial charge in [0.1, 0.15) is 0 Å². The Morgan fingerprint density at radius 1 is 1.33 bits per heavy atom. The van der Waals surface area contributed by atoms with E-state index in [1.807, 2.05) is 37.3 Å². The fraction of sp³-hybridized carbons (Fsp3) is 0.0625. The van der Waals surface area contributed by atoms with Crippen LogP contribution in [0.5, 0.6) is 0 Å². The maximum absolute atomic E-state index is 6.14. The predicted molar refractivity (Wildman–Crippen MR) is 89.4 cm³/mol. The number of nitrogen functional groups attached to an aromatic ring is 1. The van der Waals surface area contributed by atoms with Gasteiger partial charge in [0.2, 0.25) is 0 Å². The van der Waals surface area contributed by atoms with E-state index in [2.05, 4.69) is 22.1 Å². The van der Waals surface area contributed by atoms with Crippen LogP contribution in [0.1, 0.15) is 11.1 Å². The second-order valence-electron chi connectivity index (χ2n) is 4.97. The minimum absolute atomic E-state index is 0.670. The summed E-state index contributed by atoms with van der Waals surface area (Å²) in [6, 6.07) is 9.54. The van der Waals surface area contributed by atoms with E-state index in [9.17, 15) is 0 Å². The molecule has 3 rings (SSSR count). The molecule has 5 heteroatoms. The van der Waals surface area contributed by atoms with Gasteiger partial charge in [0.05, 0.1) is 11.7 Å². The van der Waals surface area contributed by atoms with Crippen LogP contribution in [0.2, 0.25) is 5.02 Å². The SMILES string of the molecule is C=C(Nc1ccc(C)c(Cl)c1)c1cc(N)cc2cn[nH]c12. The molecule has 0 aliphatic rings. The van der Waals surface area contributed by atoms with Crippen molar-refractivity contribution in [1.29, 1.82) is 0 Å². The van der Waals surface area contributed by atoms with Gasteiger partial charge in [-0.15, -0.1) is 0 Å². The van der Waals surface area contributed by atoms with Crippen molar-refractivity contribution in [2.75, 3.05) is 11.1 Å². The first-order valence-electron chi connectivity index (χ1n) is 6.49. The van der Waals surface area contributed by atoms with Crippen molar-refractivity contribution in [1.82, 2.24) is 10.2 Å². The van der Waals surface area contributed by atoms with Crippen LogP contribution >= 0.6 is 11.6 Å². The van der Waals surface area contributed by atoms with Crippen LogP contribution < -0.4 is 11.1 Å². The standard InChI is InChI=1S/C16H15ClN4/c1-9-3-4-13(7-15(9)17)20-10(2)14-6-12(18)5-11-8-19-21-16(11)14/h3-8,20H,2,18H2,1H3,(H,19,21). The second kappa shape index (κ2) is 5.14. The zero-order valence-corrected chi connectivity index (χ0v) is 12.3. The average Bonchev–Trinajstić information content (AvgIpc) is 2.90. The molecular weight excluding hydrogens is 284 g/mol. The van der Waals surface area contributed by atoms with Gasteiger partial charge in [-0.1, -0.05) is 24.2 Å². The van der Waals surface area contributed by atoms with Crippen molar-refractivity contribution in [2.24, 2.45) is 0 Å². The molecule has 0 fully saturated rings. The molecule has 0 aliphatic heterocycles. The fourth-order valence-corrected chi connectivity index (χ4v) is 2.41. The van der Waals surface area contributed by atoms with Crippen LogP contribution in [0.15, 0.2) is 43.1 Å². The topological polar surface area (TPSA) is 66.7 Å².